The molecule has 0 radical (unpaired) electrons. The summed E-state index contributed by atoms with van der Waals surface area (Å²) in [4.78, 5) is 2.44. The van der Waals surface area contributed by atoms with Gasteiger partial charge in [-0.2, -0.15) is 0 Å². The maximum absolute atomic E-state index is 14.4. The van der Waals surface area contributed by atoms with E-state index in [2.05, 4.69) is 17.1 Å². The Morgan fingerprint density at radius 1 is 1.20 bits per heavy atom. The van der Waals surface area contributed by atoms with Gasteiger partial charge in [0.15, 0.2) is 11.6 Å². The fourth-order valence-corrected chi connectivity index (χ4v) is 3.47. The van der Waals surface area contributed by atoms with Crippen LogP contribution >= 0.6 is 36.4 Å². The number of ether oxygens (including phenoxy) is 1. The summed E-state index contributed by atoms with van der Waals surface area (Å²) < 4.78 is 19.7. The van der Waals surface area contributed by atoms with Crippen LogP contribution in [0.15, 0.2) is 12.1 Å². The van der Waals surface area contributed by atoms with Crippen molar-refractivity contribution in [1.82, 2.24) is 10.2 Å². The second-order valence-corrected chi connectivity index (χ2v) is 6.45. The van der Waals surface area contributed by atoms with Crippen LogP contribution in [0, 0.1) is 5.82 Å². The topological polar surface area (TPSA) is 24.5 Å². The summed E-state index contributed by atoms with van der Waals surface area (Å²) in [5.74, 6) is -0.185. The molecule has 1 aromatic rings. The summed E-state index contributed by atoms with van der Waals surface area (Å²) in [6.45, 7) is 8.39. The second-order valence-electron chi connectivity index (χ2n) is 6.04. The van der Waals surface area contributed by atoms with E-state index in [-0.39, 0.29) is 42.4 Å². The van der Waals surface area contributed by atoms with Crippen molar-refractivity contribution >= 4 is 36.4 Å². The molecule has 0 aromatic heterocycles. The highest BCUT2D eigenvalue weighted by molar-refractivity contribution is 6.32. The molecule has 1 heterocycles. The van der Waals surface area contributed by atoms with Gasteiger partial charge in [0.2, 0.25) is 0 Å². The standard InChI is InChI=1S/C18H28ClFN2O.2ClH/c1-3-5-6-7-17(22-10-8-21-9-11-22)14-12-15(19)18(23-4-2)16(20)13-14;;/h12-13,17,21H,3-11H2,1-2H3;2*1H/t17-;;/m0../s1. The third-order valence-electron chi connectivity index (χ3n) is 4.37. The molecule has 0 aliphatic carbocycles. The first kappa shape index (κ1) is 24.7. The number of halogens is 4. The van der Waals surface area contributed by atoms with Gasteiger partial charge in [0, 0.05) is 32.2 Å². The van der Waals surface area contributed by atoms with Crippen LogP contribution in [0.2, 0.25) is 5.02 Å². The Bertz CT molecular complexity index is 476. The minimum absolute atomic E-state index is 0. The molecule has 0 spiro atoms. The van der Waals surface area contributed by atoms with Gasteiger partial charge in [-0.1, -0.05) is 37.8 Å². The average molecular weight is 416 g/mol. The summed E-state index contributed by atoms with van der Waals surface area (Å²) in [7, 11) is 0. The van der Waals surface area contributed by atoms with E-state index >= 15 is 0 Å². The highest BCUT2D eigenvalue weighted by atomic mass is 35.5. The van der Waals surface area contributed by atoms with E-state index in [4.69, 9.17) is 16.3 Å². The monoisotopic (exact) mass is 414 g/mol. The molecule has 1 N–H and O–H groups in total. The van der Waals surface area contributed by atoms with E-state index in [0.717, 1.165) is 44.6 Å². The van der Waals surface area contributed by atoms with Gasteiger partial charge in [0.1, 0.15) is 0 Å². The first-order chi connectivity index (χ1) is 11.2. The van der Waals surface area contributed by atoms with Crippen LogP contribution in [0.5, 0.6) is 5.75 Å². The number of nitrogens with zero attached hydrogens (tertiary/aromatic N) is 1. The molecular formula is C18H30Cl3FN2O. The molecule has 1 aliphatic rings. The zero-order valence-electron chi connectivity index (χ0n) is 15.0. The number of nitrogens with one attached hydrogen (secondary N) is 1. The summed E-state index contributed by atoms with van der Waals surface area (Å²) >= 11 is 6.26. The molecule has 1 aromatic carbocycles. The quantitative estimate of drug-likeness (QED) is 0.587. The lowest BCUT2D eigenvalue weighted by atomic mass is 9.97. The van der Waals surface area contributed by atoms with Crippen LogP contribution in [0.25, 0.3) is 0 Å². The predicted octanol–water partition coefficient (Wildman–Crippen LogP) is 5.25. The van der Waals surface area contributed by atoms with Crippen LogP contribution < -0.4 is 10.1 Å². The van der Waals surface area contributed by atoms with Gasteiger partial charge < -0.3 is 10.1 Å². The van der Waals surface area contributed by atoms with Crippen LogP contribution in [0.1, 0.15) is 51.1 Å². The van der Waals surface area contributed by atoms with Gasteiger partial charge in [-0.3, -0.25) is 4.90 Å². The lowest BCUT2D eigenvalue weighted by Gasteiger charge is -2.35. The molecule has 7 heteroatoms. The van der Waals surface area contributed by atoms with Crippen molar-refractivity contribution in [1.29, 1.82) is 0 Å². The van der Waals surface area contributed by atoms with Gasteiger partial charge in [0.25, 0.3) is 0 Å². The fraction of sp³-hybridized carbons (Fsp3) is 0.667. The van der Waals surface area contributed by atoms with Crippen molar-refractivity contribution in [2.24, 2.45) is 0 Å². The Morgan fingerprint density at radius 3 is 2.44 bits per heavy atom. The summed E-state index contributed by atoms with van der Waals surface area (Å²) in [6, 6.07) is 3.72. The predicted molar refractivity (Wildman–Crippen MR) is 108 cm³/mol. The number of unbranched alkanes of at least 4 members (excludes halogenated alkanes) is 2. The molecule has 0 bridgehead atoms. The second kappa shape index (κ2) is 13.0. The first-order valence-electron chi connectivity index (χ1n) is 8.73. The van der Waals surface area contributed by atoms with Crippen molar-refractivity contribution in [2.45, 2.75) is 45.6 Å². The fourth-order valence-electron chi connectivity index (χ4n) is 3.20. The summed E-state index contributed by atoms with van der Waals surface area (Å²) in [5.41, 5.74) is 0.967. The maximum atomic E-state index is 14.4. The molecule has 1 saturated heterocycles. The molecule has 1 atom stereocenters. The van der Waals surface area contributed by atoms with Crippen LogP contribution in [-0.4, -0.2) is 37.7 Å². The Morgan fingerprint density at radius 2 is 1.88 bits per heavy atom. The Balaban J connectivity index is 0.00000288. The van der Waals surface area contributed by atoms with E-state index in [1.807, 2.05) is 13.0 Å². The van der Waals surface area contributed by atoms with E-state index < -0.39 is 0 Å². The molecule has 0 saturated carbocycles. The van der Waals surface area contributed by atoms with Gasteiger partial charge in [-0.15, -0.1) is 24.8 Å². The van der Waals surface area contributed by atoms with Crippen LogP contribution in [0.3, 0.4) is 0 Å². The Kier molecular flexibility index (Phi) is 12.9. The number of piperazine rings is 1. The largest absolute Gasteiger partial charge is 0.489 e. The van der Waals surface area contributed by atoms with Gasteiger partial charge >= 0.3 is 0 Å². The normalized spacial score (nSPS) is 15.8. The SMILES string of the molecule is CCCCC[C@@H](c1cc(F)c(OCC)c(Cl)c1)N1CCNCC1.Cl.Cl. The van der Waals surface area contributed by atoms with Crippen molar-refractivity contribution in [3.8, 4) is 5.75 Å². The first-order valence-corrected chi connectivity index (χ1v) is 9.11. The summed E-state index contributed by atoms with van der Waals surface area (Å²) in [6.07, 6.45) is 4.58. The van der Waals surface area contributed by atoms with E-state index in [0.29, 0.717) is 11.6 Å². The molecule has 1 aliphatic heterocycles. The van der Waals surface area contributed by atoms with E-state index in [1.54, 1.807) is 6.07 Å². The van der Waals surface area contributed by atoms with Crippen LogP contribution in [0.4, 0.5) is 4.39 Å². The Hall–Kier alpha value is -0.260. The zero-order valence-corrected chi connectivity index (χ0v) is 17.4. The number of benzene rings is 1. The molecular weight excluding hydrogens is 386 g/mol. The van der Waals surface area contributed by atoms with E-state index in [1.165, 1.54) is 12.8 Å². The van der Waals surface area contributed by atoms with Crippen LogP contribution in [-0.2, 0) is 0 Å². The smallest absolute Gasteiger partial charge is 0.173 e. The molecule has 25 heavy (non-hydrogen) atoms. The highest BCUT2D eigenvalue weighted by Gasteiger charge is 2.24. The minimum Gasteiger partial charge on any atom is -0.489 e. The Labute approximate surface area is 168 Å². The van der Waals surface area contributed by atoms with Gasteiger partial charge in [-0.05, 0) is 31.0 Å². The lowest BCUT2D eigenvalue weighted by Crippen LogP contribution is -2.45. The molecule has 0 amide bonds. The molecule has 3 nitrogen and oxygen atoms in total. The average Bonchev–Trinajstić information content (AvgIpc) is 2.56. The molecule has 0 unspecified atom stereocenters. The number of hydrogen-bond acceptors (Lipinski definition) is 3. The van der Waals surface area contributed by atoms with Gasteiger partial charge in [0.05, 0.1) is 11.6 Å². The lowest BCUT2D eigenvalue weighted by molar-refractivity contribution is 0.162. The minimum atomic E-state index is -0.357. The van der Waals surface area contributed by atoms with Crippen molar-refractivity contribution < 1.29 is 9.13 Å². The molecule has 146 valence electrons. The maximum Gasteiger partial charge on any atom is 0.173 e. The van der Waals surface area contributed by atoms with Gasteiger partial charge in [-0.25, -0.2) is 4.39 Å². The number of rotatable bonds is 8. The van der Waals surface area contributed by atoms with E-state index in [9.17, 15) is 4.39 Å². The summed E-state index contributed by atoms with van der Waals surface area (Å²) in [5, 5.41) is 3.75. The third kappa shape index (κ3) is 7.10. The zero-order chi connectivity index (χ0) is 16.7. The van der Waals surface area contributed by atoms with Crippen molar-refractivity contribution in [3.63, 3.8) is 0 Å². The number of hydrogen-bond donors (Lipinski definition) is 1. The van der Waals surface area contributed by atoms with Crippen molar-refractivity contribution in [3.05, 3.63) is 28.5 Å². The van der Waals surface area contributed by atoms with Crippen molar-refractivity contribution in [2.75, 3.05) is 32.8 Å². The molecule has 1 fully saturated rings. The molecule has 2 rings (SSSR count). The third-order valence-corrected chi connectivity index (χ3v) is 4.65. The highest BCUT2D eigenvalue weighted by Crippen LogP contribution is 2.35.